The number of carbonyl (C=O) groups is 2. The molecule has 0 aromatic carbocycles. The zero-order valence-corrected chi connectivity index (χ0v) is 8.18. The highest BCUT2D eigenvalue weighted by Crippen LogP contribution is 2.09. The van der Waals surface area contributed by atoms with E-state index in [0.717, 1.165) is 0 Å². The van der Waals surface area contributed by atoms with Gasteiger partial charge in [-0.15, -0.1) is 0 Å². The number of carbonyl (C=O) groups excluding carboxylic acids is 1. The van der Waals surface area contributed by atoms with Crippen molar-refractivity contribution in [3.8, 4) is 0 Å². The van der Waals surface area contributed by atoms with E-state index in [1.54, 1.807) is 14.1 Å². The normalized spacial score (nSPS) is 9.93. The molecule has 0 atom stereocenters. The van der Waals surface area contributed by atoms with Crippen LogP contribution >= 0.6 is 0 Å². The monoisotopic (exact) mass is 197 g/mol. The molecule has 1 aromatic rings. The predicted octanol–water partition coefficient (Wildman–Crippen LogP) is -0.180. The molecule has 6 nitrogen and oxygen atoms in total. The van der Waals surface area contributed by atoms with Crippen molar-refractivity contribution >= 4 is 11.9 Å². The van der Waals surface area contributed by atoms with Crippen molar-refractivity contribution in [2.75, 3.05) is 14.1 Å². The summed E-state index contributed by atoms with van der Waals surface area (Å²) >= 11 is 0. The lowest BCUT2D eigenvalue weighted by Gasteiger charge is -2.08. The molecule has 0 aliphatic rings. The Morgan fingerprint density at radius 3 is 2.50 bits per heavy atom. The second kappa shape index (κ2) is 3.49. The number of hydrogen-bond acceptors (Lipinski definition) is 3. The number of aryl methyl sites for hydroxylation is 1. The summed E-state index contributed by atoms with van der Waals surface area (Å²) in [6.07, 6.45) is 1.26. The number of aromatic nitrogens is 2. The molecule has 0 aliphatic heterocycles. The first kappa shape index (κ1) is 10.2. The molecule has 1 N–H and O–H groups in total. The zero-order valence-electron chi connectivity index (χ0n) is 8.18. The van der Waals surface area contributed by atoms with E-state index in [-0.39, 0.29) is 17.2 Å². The number of carboxylic acids is 1. The van der Waals surface area contributed by atoms with Crippen molar-refractivity contribution in [3.63, 3.8) is 0 Å². The molecule has 0 fully saturated rings. The number of carboxylic acid groups (broad SMARTS) is 1. The number of aromatic carboxylic acids is 1. The van der Waals surface area contributed by atoms with Crippen molar-refractivity contribution in [1.82, 2.24) is 14.7 Å². The molecular formula is C8H11N3O3. The molecule has 0 saturated carbocycles. The summed E-state index contributed by atoms with van der Waals surface area (Å²) in [5.41, 5.74) is 0.00806. The summed E-state index contributed by atoms with van der Waals surface area (Å²) in [5, 5.41) is 12.6. The Kier molecular flexibility index (Phi) is 2.55. The van der Waals surface area contributed by atoms with Gasteiger partial charge in [-0.1, -0.05) is 0 Å². The lowest BCUT2D eigenvalue weighted by molar-refractivity contribution is 0.0673. The molecule has 0 bridgehead atoms. The quantitative estimate of drug-likeness (QED) is 0.713. The molecule has 1 heterocycles. The van der Waals surface area contributed by atoms with E-state index >= 15 is 0 Å². The summed E-state index contributed by atoms with van der Waals surface area (Å²) in [6, 6.07) is 0. The lowest BCUT2D eigenvalue weighted by Crippen LogP contribution is -2.24. The average molecular weight is 197 g/mol. The standard InChI is InChI=1S/C8H11N3O3/c1-10(2)7(12)5-4-9-11(3)6(5)8(13)14/h4H,1-3H3,(H,13,14). The van der Waals surface area contributed by atoms with Crippen molar-refractivity contribution in [1.29, 1.82) is 0 Å². The number of amides is 1. The SMILES string of the molecule is CN(C)C(=O)c1cnn(C)c1C(=O)O. The molecule has 76 valence electrons. The lowest BCUT2D eigenvalue weighted by atomic mass is 10.2. The zero-order chi connectivity index (χ0) is 10.9. The Balaban J connectivity index is 3.22. The molecule has 0 spiro atoms. The highest BCUT2D eigenvalue weighted by Gasteiger charge is 2.22. The van der Waals surface area contributed by atoms with Crippen molar-refractivity contribution in [2.24, 2.45) is 7.05 Å². The first-order chi connectivity index (χ1) is 6.45. The van der Waals surface area contributed by atoms with E-state index < -0.39 is 5.97 Å². The van der Waals surface area contributed by atoms with Crippen LogP contribution in [0, 0.1) is 0 Å². The molecule has 1 amide bonds. The summed E-state index contributed by atoms with van der Waals surface area (Å²) in [6.45, 7) is 0. The highest BCUT2D eigenvalue weighted by atomic mass is 16.4. The van der Waals surface area contributed by atoms with Crippen LogP contribution in [0.15, 0.2) is 6.20 Å². The van der Waals surface area contributed by atoms with Gasteiger partial charge in [-0.05, 0) is 0 Å². The molecule has 0 saturated heterocycles. The first-order valence-electron chi connectivity index (χ1n) is 3.92. The minimum absolute atomic E-state index is 0.0938. The van der Waals surface area contributed by atoms with E-state index in [1.165, 1.54) is 22.8 Å². The van der Waals surface area contributed by atoms with Crippen LogP contribution in [-0.2, 0) is 7.05 Å². The van der Waals surface area contributed by atoms with Gasteiger partial charge in [0.25, 0.3) is 5.91 Å². The van der Waals surface area contributed by atoms with Gasteiger partial charge in [0.15, 0.2) is 5.69 Å². The Labute approximate surface area is 80.7 Å². The van der Waals surface area contributed by atoms with Gasteiger partial charge in [-0.3, -0.25) is 9.48 Å². The molecule has 1 aromatic heterocycles. The second-order valence-electron chi connectivity index (χ2n) is 3.04. The Morgan fingerprint density at radius 1 is 1.50 bits per heavy atom. The molecule has 14 heavy (non-hydrogen) atoms. The fourth-order valence-corrected chi connectivity index (χ4v) is 1.09. The Morgan fingerprint density at radius 2 is 2.07 bits per heavy atom. The molecule has 0 unspecified atom stereocenters. The van der Waals surface area contributed by atoms with E-state index in [2.05, 4.69) is 5.10 Å². The van der Waals surface area contributed by atoms with Gasteiger partial charge in [-0.2, -0.15) is 5.10 Å². The summed E-state index contributed by atoms with van der Waals surface area (Å²) < 4.78 is 1.17. The third-order valence-corrected chi connectivity index (χ3v) is 1.78. The third-order valence-electron chi connectivity index (χ3n) is 1.78. The van der Waals surface area contributed by atoms with E-state index in [4.69, 9.17) is 5.11 Å². The van der Waals surface area contributed by atoms with Gasteiger partial charge in [0.05, 0.1) is 11.8 Å². The fourth-order valence-electron chi connectivity index (χ4n) is 1.09. The van der Waals surface area contributed by atoms with Crippen molar-refractivity contribution in [2.45, 2.75) is 0 Å². The molecule has 6 heteroatoms. The fraction of sp³-hybridized carbons (Fsp3) is 0.375. The average Bonchev–Trinajstić information content (AvgIpc) is 2.45. The summed E-state index contributed by atoms with van der Waals surface area (Å²) in [4.78, 5) is 23.6. The topological polar surface area (TPSA) is 75.4 Å². The van der Waals surface area contributed by atoms with Gasteiger partial charge < -0.3 is 10.0 Å². The van der Waals surface area contributed by atoms with Crippen LogP contribution in [-0.4, -0.2) is 45.8 Å². The Hall–Kier alpha value is -1.85. The molecule has 0 aliphatic carbocycles. The molecular weight excluding hydrogens is 186 g/mol. The van der Waals surface area contributed by atoms with E-state index in [1.807, 2.05) is 0 Å². The first-order valence-corrected chi connectivity index (χ1v) is 3.92. The van der Waals surface area contributed by atoms with Crippen LogP contribution in [0.2, 0.25) is 0 Å². The van der Waals surface area contributed by atoms with Crippen LogP contribution in [0.4, 0.5) is 0 Å². The summed E-state index contributed by atoms with van der Waals surface area (Å²) in [5.74, 6) is -1.52. The Bertz CT molecular complexity index is 381. The van der Waals surface area contributed by atoms with Crippen LogP contribution in [0.25, 0.3) is 0 Å². The maximum atomic E-state index is 11.5. The predicted molar refractivity (Wildman–Crippen MR) is 48.2 cm³/mol. The minimum Gasteiger partial charge on any atom is -0.477 e. The number of hydrogen-bond donors (Lipinski definition) is 1. The van der Waals surface area contributed by atoms with Gasteiger partial charge in [-0.25, -0.2) is 4.79 Å². The van der Waals surface area contributed by atoms with Crippen molar-refractivity contribution in [3.05, 3.63) is 17.5 Å². The van der Waals surface area contributed by atoms with E-state index in [0.29, 0.717) is 0 Å². The van der Waals surface area contributed by atoms with Gasteiger partial charge >= 0.3 is 5.97 Å². The highest BCUT2D eigenvalue weighted by molar-refractivity contribution is 6.03. The third kappa shape index (κ3) is 1.59. The van der Waals surface area contributed by atoms with Crippen LogP contribution in [0.3, 0.4) is 0 Å². The van der Waals surface area contributed by atoms with Gasteiger partial charge in [0, 0.05) is 21.1 Å². The second-order valence-corrected chi connectivity index (χ2v) is 3.04. The smallest absolute Gasteiger partial charge is 0.354 e. The van der Waals surface area contributed by atoms with Gasteiger partial charge in [0.2, 0.25) is 0 Å². The van der Waals surface area contributed by atoms with Crippen molar-refractivity contribution < 1.29 is 14.7 Å². The van der Waals surface area contributed by atoms with Crippen LogP contribution < -0.4 is 0 Å². The maximum absolute atomic E-state index is 11.5. The maximum Gasteiger partial charge on any atom is 0.354 e. The summed E-state index contributed by atoms with van der Waals surface area (Å²) in [7, 11) is 4.60. The number of nitrogens with zero attached hydrogens (tertiary/aromatic N) is 3. The van der Waals surface area contributed by atoms with Crippen LogP contribution in [0.5, 0.6) is 0 Å². The largest absolute Gasteiger partial charge is 0.477 e. The van der Waals surface area contributed by atoms with Gasteiger partial charge in [0.1, 0.15) is 0 Å². The number of rotatable bonds is 2. The minimum atomic E-state index is -1.16. The molecule has 0 radical (unpaired) electrons. The van der Waals surface area contributed by atoms with E-state index in [9.17, 15) is 9.59 Å². The van der Waals surface area contributed by atoms with Crippen LogP contribution in [0.1, 0.15) is 20.8 Å². The molecule has 1 rings (SSSR count).